The lowest BCUT2D eigenvalue weighted by atomic mass is 9.85. The highest BCUT2D eigenvalue weighted by molar-refractivity contribution is 6.32. The van der Waals surface area contributed by atoms with Crippen LogP contribution in [0.3, 0.4) is 0 Å². The molecule has 1 aliphatic heterocycles. The monoisotopic (exact) mass is 398 g/mol. The molecule has 2 aliphatic carbocycles. The van der Waals surface area contributed by atoms with Crippen molar-refractivity contribution < 1.29 is 19.1 Å². The fourth-order valence-corrected chi connectivity index (χ4v) is 4.58. The van der Waals surface area contributed by atoms with E-state index in [0.29, 0.717) is 28.7 Å². The van der Waals surface area contributed by atoms with Crippen LogP contribution in [-0.4, -0.2) is 36.3 Å². The van der Waals surface area contributed by atoms with Crippen molar-refractivity contribution in [3.63, 3.8) is 0 Å². The summed E-state index contributed by atoms with van der Waals surface area (Å²) in [6, 6.07) is 3.30. The van der Waals surface area contributed by atoms with Crippen molar-refractivity contribution in [1.82, 2.24) is 5.01 Å². The average Bonchev–Trinajstić information content (AvgIpc) is 3.34. The first-order chi connectivity index (χ1) is 13.5. The minimum absolute atomic E-state index is 0.0587. The smallest absolute Gasteiger partial charge is 0.254 e. The van der Waals surface area contributed by atoms with Crippen molar-refractivity contribution in [3.8, 4) is 23.8 Å². The Morgan fingerprint density at radius 1 is 1.25 bits per heavy atom. The van der Waals surface area contributed by atoms with Gasteiger partial charge in [-0.15, -0.1) is 6.42 Å². The normalized spacial score (nSPS) is 27.5. The lowest BCUT2D eigenvalue weighted by molar-refractivity contribution is -0.140. The molecule has 6 nitrogen and oxygen atoms in total. The summed E-state index contributed by atoms with van der Waals surface area (Å²) in [4.78, 5) is 25.4. The molecule has 28 heavy (non-hydrogen) atoms. The molecule has 2 fully saturated rings. The van der Waals surface area contributed by atoms with Crippen LogP contribution in [0, 0.1) is 36.0 Å². The van der Waals surface area contributed by atoms with Crippen LogP contribution in [0.25, 0.3) is 0 Å². The van der Waals surface area contributed by atoms with Gasteiger partial charge in [0.25, 0.3) is 11.8 Å². The molecule has 0 unspecified atom stereocenters. The fourth-order valence-electron chi connectivity index (χ4n) is 4.30. The molecule has 1 heterocycles. The number of carbonyl (C=O) groups excluding carboxylic acids is 2. The van der Waals surface area contributed by atoms with Gasteiger partial charge in [0.05, 0.1) is 29.7 Å². The van der Waals surface area contributed by atoms with E-state index in [1.165, 1.54) is 6.21 Å². The van der Waals surface area contributed by atoms with Gasteiger partial charge >= 0.3 is 0 Å². The van der Waals surface area contributed by atoms with E-state index in [9.17, 15) is 9.59 Å². The molecule has 2 amide bonds. The maximum atomic E-state index is 12.7. The molecule has 0 N–H and O–H groups in total. The Morgan fingerprint density at radius 2 is 1.93 bits per heavy atom. The van der Waals surface area contributed by atoms with Crippen LogP contribution >= 0.6 is 11.6 Å². The van der Waals surface area contributed by atoms with Crippen LogP contribution in [-0.2, 0) is 9.59 Å². The minimum atomic E-state index is -0.276. The summed E-state index contributed by atoms with van der Waals surface area (Å²) in [5.74, 6) is 2.45. The predicted molar refractivity (Wildman–Crippen MR) is 104 cm³/mol. The molecule has 3 aliphatic rings. The molecule has 2 bridgehead atoms. The third-order valence-electron chi connectivity index (χ3n) is 5.40. The Bertz CT molecular complexity index is 903. The van der Waals surface area contributed by atoms with E-state index in [0.717, 1.165) is 11.4 Å². The minimum Gasteiger partial charge on any atom is -0.490 e. The maximum Gasteiger partial charge on any atom is 0.254 e. The Labute approximate surface area is 168 Å². The summed E-state index contributed by atoms with van der Waals surface area (Å²) >= 11 is 6.29. The molecule has 1 aromatic rings. The number of hydrogen-bond donors (Lipinski definition) is 0. The first kappa shape index (κ1) is 18.6. The molecule has 4 atom stereocenters. The maximum absolute atomic E-state index is 12.7. The highest BCUT2D eigenvalue weighted by Gasteiger charge is 2.59. The first-order valence-electron chi connectivity index (χ1n) is 9.17. The van der Waals surface area contributed by atoms with E-state index in [4.69, 9.17) is 27.5 Å². The van der Waals surface area contributed by atoms with E-state index in [2.05, 4.69) is 11.0 Å². The van der Waals surface area contributed by atoms with E-state index in [-0.39, 0.29) is 42.1 Å². The van der Waals surface area contributed by atoms with Gasteiger partial charge in [-0.1, -0.05) is 29.7 Å². The lowest BCUT2D eigenvalue weighted by Gasteiger charge is -2.13. The summed E-state index contributed by atoms with van der Waals surface area (Å²) in [5.41, 5.74) is 0.584. The fraction of sp³-hybridized carbons (Fsp3) is 0.381. The molecule has 1 saturated carbocycles. The summed E-state index contributed by atoms with van der Waals surface area (Å²) in [7, 11) is 0. The lowest BCUT2D eigenvalue weighted by Crippen LogP contribution is -2.28. The van der Waals surface area contributed by atoms with Gasteiger partial charge in [-0.25, -0.2) is 0 Å². The number of carbonyl (C=O) groups is 2. The molecular weight excluding hydrogens is 380 g/mol. The molecule has 4 rings (SSSR count). The number of hydrogen-bond acceptors (Lipinski definition) is 5. The van der Waals surface area contributed by atoms with Gasteiger partial charge in [-0.3, -0.25) is 9.59 Å². The van der Waals surface area contributed by atoms with Crippen LogP contribution in [0.15, 0.2) is 29.4 Å². The number of amides is 2. The topological polar surface area (TPSA) is 68.2 Å². The second-order valence-corrected chi connectivity index (χ2v) is 7.40. The molecule has 0 aromatic heterocycles. The van der Waals surface area contributed by atoms with Gasteiger partial charge in [0, 0.05) is 0 Å². The quantitative estimate of drug-likeness (QED) is 0.320. The Hall–Kier alpha value is -2.78. The van der Waals surface area contributed by atoms with Gasteiger partial charge in [0.2, 0.25) is 0 Å². The third-order valence-corrected chi connectivity index (χ3v) is 5.68. The van der Waals surface area contributed by atoms with E-state index < -0.39 is 0 Å². The number of halogens is 1. The number of terminal acetylenes is 1. The Morgan fingerprint density at radius 3 is 2.54 bits per heavy atom. The van der Waals surface area contributed by atoms with Crippen molar-refractivity contribution in [2.24, 2.45) is 28.8 Å². The van der Waals surface area contributed by atoms with Gasteiger partial charge in [0.1, 0.15) is 6.61 Å². The second-order valence-electron chi connectivity index (χ2n) is 6.99. The first-order valence-corrected chi connectivity index (χ1v) is 9.55. The molecule has 1 aromatic carbocycles. The summed E-state index contributed by atoms with van der Waals surface area (Å²) in [5, 5.41) is 5.47. The summed E-state index contributed by atoms with van der Waals surface area (Å²) < 4.78 is 11.0. The van der Waals surface area contributed by atoms with E-state index in [1.54, 1.807) is 12.1 Å². The van der Waals surface area contributed by atoms with E-state index >= 15 is 0 Å². The highest BCUT2D eigenvalue weighted by atomic mass is 35.5. The van der Waals surface area contributed by atoms with Gasteiger partial charge in [0.15, 0.2) is 11.5 Å². The number of benzene rings is 1. The number of nitrogens with zero attached hydrogens (tertiary/aromatic N) is 2. The van der Waals surface area contributed by atoms with Crippen LogP contribution in [0.2, 0.25) is 5.02 Å². The summed E-state index contributed by atoms with van der Waals surface area (Å²) in [6.45, 7) is 2.30. The van der Waals surface area contributed by atoms with E-state index in [1.807, 2.05) is 19.1 Å². The Kier molecular flexibility index (Phi) is 4.86. The van der Waals surface area contributed by atoms with Crippen LogP contribution in [0.1, 0.15) is 18.9 Å². The standard InChI is InChI=1S/C21H19ClN2O4/c1-3-7-28-19-15(22)8-12(9-16(19)27-4-2)11-23-24-20(25)17-13-5-6-14(10-13)18(17)21(24)26/h1,5-6,8-9,11,13-14,17-18H,4,7,10H2,2H3/b23-11-/t13-,14-,17-,18+/m1/s1. The highest BCUT2D eigenvalue weighted by Crippen LogP contribution is 2.52. The number of imide groups is 1. The van der Waals surface area contributed by atoms with Crippen LogP contribution in [0.5, 0.6) is 11.5 Å². The van der Waals surface area contributed by atoms with Crippen molar-refractivity contribution in [2.45, 2.75) is 13.3 Å². The largest absolute Gasteiger partial charge is 0.490 e. The third kappa shape index (κ3) is 2.96. The van der Waals surface area contributed by atoms with Crippen molar-refractivity contribution in [2.75, 3.05) is 13.2 Å². The number of ether oxygens (including phenoxy) is 2. The number of fused-ring (bicyclic) bond motifs is 5. The zero-order chi connectivity index (χ0) is 19.8. The van der Waals surface area contributed by atoms with Gasteiger partial charge in [-0.05, 0) is 42.9 Å². The molecule has 7 heteroatoms. The molecule has 1 saturated heterocycles. The van der Waals surface area contributed by atoms with Crippen molar-refractivity contribution in [3.05, 3.63) is 34.9 Å². The SMILES string of the molecule is C#CCOc1c(Cl)cc(/C=N\N2C(=O)[C@@H]3[C@H](C2=O)[C@@H]2C=C[C@@H]3C2)cc1OCC. The predicted octanol–water partition coefficient (Wildman–Crippen LogP) is 2.89. The van der Waals surface area contributed by atoms with Crippen LogP contribution in [0.4, 0.5) is 0 Å². The molecule has 0 radical (unpaired) electrons. The number of rotatable bonds is 6. The number of hydrazone groups is 1. The molecule has 0 spiro atoms. The van der Waals surface area contributed by atoms with Crippen molar-refractivity contribution in [1.29, 1.82) is 0 Å². The van der Waals surface area contributed by atoms with Gasteiger partial charge < -0.3 is 9.47 Å². The zero-order valence-electron chi connectivity index (χ0n) is 15.3. The summed E-state index contributed by atoms with van der Waals surface area (Å²) in [6.07, 6.45) is 11.7. The molecule has 144 valence electrons. The Balaban J connectivity index is 1.57. The number of allylic oxidation sites excluding steroid dienone is 2. The van der Waals surface area contributed by atoms with Crippen molar-refractivity contribution >= 4 is 29.6 Å². The zero-order valence-corrected chi connectivity index (χ0v) is 16.1. The van der Waals surface area contributed by atoms with Gasteiger partial charge in [-0.2, -0.15) is 10.1 Å². The molecular formula is C21H19ClN2O4. The van der Waals surface area contributed by atoms with Crippen LogP contribution < -0.4 is 9.47 Å². The average molecular weight is 399 g/mol. The second kappa shape index (κ2) is 7.33.